The molecule has 1 saturated heterocycles. The fraction of sp³-hybridized carbons (Fsp3) is 0.278. The molecule has 0 aliphatic carbocycles. The largest absolute Gasteiger partial charge is 0.455 e. The molecule has 1 aromatic heterocycles. The van der Waals surface area contributed by atoms with E-state index in [9.17, 15) is 0 Å². The van der Waals surface area contributed by atoms with Crippen molar-refractivity contribution in [1.29, 1.82) is 0 Å². The predicted octanol–water partition coefficient (Wildman–Crippen LogP) is 3.64. The number of nitrogens with zero attached hydrogens (tertiary/aromatic N) is 2. The zero-order chi connectivity index (χ0) is 14.9. The second-order valence-electron chi connectivity index (χ2n) is 5.56. The number of furan rings is 1. The Morgan fingerprint density at radius 3 is 2.73 bits per heavy atom. The summed E-state index contributed by atoms with van der Waals surface area (Å²) in [5.74, 6) is 0.831. The van der Waals surface area contributed by atoms with Crippen molar-refractivity contribution in [2.24, 2.45) is 5.10 Å². The Hall–Kier alpha value is -2.33. The fourth-order valence-electron chi connectivity index (χ4n) is 2.89. The van der Waals surface area contributed by atoms with E-state index in [-0.39, 0.29) is 0 Å². The van der Waals surface area contributed by atoms with Crippen LogP contribution in [0.15, 0.2) is 52.0 Å². The van der Waals surface area contributed by atoms with E-state index in [0.29, 0.717) is 0 Å². The van der Waals surface area contributed by atoms with Crippen LogP contribution in [-0.2, 0) is 4.74 Å². The summed E-state index contributed by atoms with van der Waals surface area (Å²) in [7, 11) is 0. The molecule has 0 N–H and O–H groups in total. The minimum atomic E-state index is 0.738. The molecule has 0 unspecified atom stereocenters. The second-order valence-corrected chi connectivity index (χ2v) is 5.56. The number of morpholine rings is 1. The van der Waals surface area contributed by atoms with Gasteiger partial charge in [0.25, 0.3) is 0 Å². The highest BCUT2D eigenvalue weighted by Gasteiger charge is 2.12. The highest BCUT2D eigenvalue weighted by Crippen LogP contribution is 2.28. The summed E-state index contributed by atoms with van der Waals surface area (Å²) in [5, 5.41) is 10.3. The number of benzene rings is 2. The summed E-state index contributed by atoms with van der Waals surface area (Å²) >= 11 is 0. The number of fused-ring (bicyclic) bond motifs is 3. The molecule has 4 rings (SSSR count). The molecule has 1 fully saturated rings. The van der Waals surface area contributed by atoms with Crippen molar-refractivity contribution in [3.63, 3.8) is 0 Å². The van der Waals surface area contributed by atoms with Gasteiger partial charge in [-0.15, -0.1) is 0 Å². The van der Waals surface area contributed by atoms with E-state index >= 15 is 0 Å². The van der Waals surface area contributed by atoms with E-state index in [2.05, 4.69) is 41.5 Å². The Morgan fingerprint density at radius 2 is 1.86 bits per heavy atom. The fourth-order valence-corrected chi connectivity index (χ4v) is 2.89. The molecular weight excluding hydrogens is 276 g/mol. The number of hydrazone groups is 1. The number of hydrogen-bond donors (Lipinski definition) is 0. The molecule has 1 aliphatic rings. The highest BCUT2D eigenvalue weighted by atomic mass is 16.5. The van der Waals surface area contributed by atoms with Crippen LogP contribution in [0.1, 0.15) is 12.7 Å². The quantitative estimate of drug-likeness (QED) is 0.677. The molecule has 0 bridgehead atoms. The highest BCUT2D eigenvalue weighted by molar-refractivity contribution is 6.09. The summed E-state index contributed by atoms with van der Waals surface area (Å²) < 4.78 is 11.3. The minimum absolute atomic E-state index is 0.738. The van der Waals surface area contributed by atoms with Gasteiger partial charge in [-0.2, -0.15) is 5.10 Å². The molecule has 1 aliphatic heterocycles. The Labute approximate surface area is 129 Å². The third-order valence-electron chi connectivity index (χ3n) is 4.06. The molecule has 112 valence electrons. The molecule has 4 heteroatoms. The van der Waals surface area contributed by atoms with Crippen LogP contribution >= 0.6 is 0 Å². The normalized spacial score (nSPS) is 16.6. The molecule has 0 saturated carbocycles. The van der Waals surface area contributed by atoms with Crippen molar-refractivity contribution in [1.82, 2.24) is 5.01 Å². The maximum Gasteiger partial charge on any atom is 0.151 e. The Morgan fingerprint density at radius 1 is 1.05 bits per heavy atom. The van der Waals surface area contributed by atoms with E-state index < -0.39 is 0 Å². The van der Waals surface area contributed by atoms with Crippen LogP contribution in [0.5, 0.6) is 0 Å². The number of rotatable bonds is 2. The molecule has 2 aromatic carbocycles. The third-order valence-corrected chi connectivity index (χ3v) is 4.06. The van der Waals surface area contributed by atoms with Crippen LogP contribution in [0.3, 0.4) is 0 Å². The minimum Gasteiger partial charge on any atom is -0.455 e. The van der Waals surface area contributed by atoms with Gasteiger partial charge in [-0.25, -0.2) is 0 Å². The van der Waals surface area contributed by atoms with Gasteiger partial charge in [-0.05, 0) is 29.8 Å². The maximum atomic E-state index is 5.99. The molecule has 0 spiro atoms. The van der Waals surface area contributed by atoms with Gasteiger partial charge < -0.3 is 9.15 Å². The zero-order valence-corrected chi connectivity index (χ0v) is 12.6. The van der Waals surface area contributed by atoms with Gasteiger partial charge in [-0.3, -0.25) is 5.01 Å². The Bertz CT molecular complexity index is 845. The first-order chi connectivity index (χ1) is 10.8. The molecule has 0 amide bonds. The standard InChI is InChI=1S/C18H18N2O2/c1-13(19-20-8-10-21-11-9-20)18-12-16-15-5-3-2-4-14(15)6-7-17(16)22-18/h2-7,12H,8-11H2,1H3. The van der Waals surface area contributed by atoms with Gasteiger partial charge in [0.05, 0.1) is 32.0 Å². The van der Waals surface area contributed by atoms with Crippen molar-refractivity contribution in [3.8, 4) is 0 Å². The van der Waals surface area contributed by atoms with Gasteiger partial charge in [0.2, 0.25) is 0 Å². The van der Waals surface area contributed by atoms with Gasteiger partial charge in [0.15, 0.2) is 5.76 Å². The average Bonchev–Trinajstić information content (AvgIpc) is 3.00. The van der Waals surface area contributed by atoms with Crippen molar-refractivity contribution in [2.45, 2.75) is 6.92 Å². The first-order valence-corrected chi connectivity index (χ1v) is 7.61. The van der Waals surface area contributed by atoms with Gasteiger partial charge in [0.1, 0.15) is 5.58 Å². The third kappa shape index (κ3) is 2.35. The monoisotopic (exact) mass is 294 g/mol. The molecule has 4 nitrogen and oxygen atoms in total. The number of ether oxygens (including phenoxy) is 1. The molecule has 3 aromatic rings. The van der Waals surface area contributed by atoms with E-state index in [1.54, 1.807) is 0 Å². The predicted molar refractivity (Wildman–Crippen MR) is 88.3 cm³/mol. The smallest absolute Gasteiger partial charge is 0.151 e. The van der Waals surface area contributed by atoms with Crippen LogP contribution in [0, 0.1) is 0 Å². The zero-order valence-electron chi connectivity index (χ0n) is 12.6. The average molecular weight is 294 g/mol. The van der Waals surface area contributed by atoms with Crippen LogP contribution in [-0.4, -0.2) is 37.0 Å². The van der Waals surface area contributed by atoms with Crippen molar-refractivity contribution < 1.29 is 9.15 Å². The lowest BCUT2D eigenvalue weighted by Gasteiger charge is -2.24. The first kappa shape index (κ1) is 13.3. The Kier molecular flexibility index (Phi) is 3.31. The lowest BCUT2D eigenvalue weighted by molar-refractivity contribution is 0.0393. The van der Waals surface area contributed by atoms with Crippen LogP contribution < -0.4 is 0 Å². The van der Waals surface area contributed by atoms with Crippen molar-refractivity contribution >= 4 is 27.5 Å². The lowest BCUT2D eigenvalue weighted by atomic mass is 10.1. The summed E-state index contributed by atoms with van der Waals surface area (Å²) in [6.45, 7) is 5.14. The van der Waals surface area contributed by atoms with Crippen LogP contribution in [0.2, 0.25) is 0 Å². The molecule has 22 heavy (non-hydrogen) atoms. The first-order valence-electron chi connectivity index (χ1n) is 7.61. The van der Waals surface area contributed by atoms with E-state index in [1.807, 2.05) is 18.0 Å². The van der Waals surface area contributed by atoms with Crippen LogP contribution in [0.4, 0.5) is 0 Å². The van der Waals surface area contributed by atoms with Gasteiger partial charge in [0, 0.05) is 5.39 Å². The van der Waals surface area contributed by atoms with Crippen molar-refractivity contribution in [3.05, 3.63) is 48.2 Å². The van der Waals surface area contributed by atoms with E-state index in [0.717, 1.165) is 48.7 Å². The lowest BCUT2D eigenvalue weighted by Crippen LogP contribution is -2.33. The summed E-state index contributed by atoms with van der Waals surface area (Å²) in [5.41, 5.74) is 1.81. The Balaban J connectivity index is 1.75. The van der Waals surface area contributed by atoms with Crippen LogP contribution in [0.25, 0.3) is 21.7 Å². The van der Waals surface area contributed by atoms with E-state index in [1.165, 1.54) is 10.8 Å². The topological polar surface area (TPSA) is 38.0 Å². The molecule has 2 heterocycles. The molecular formula is C18H18N2O2. The molecule has 0 radical (unpaired) electrons. The summed E-state index contributed by atoms with van der Waals surface area (Å²) in [6, 6.07) is 14.6. The van der Waals surface area contributed by atoms with E-state index in [4.69, 9.17) is 9.15 Å². The summed E-state index contributed by atoms with van der Waals surface area (Å²) in [4.78, 5) is 0. The van der Waals surface area contributed by atoms with Gasteiger partial charge in [-0.1, -0.05) is 30.3 Å². The molecule has 0 atom stereocenters. The number of hydrogen-bond acceptors (Lipinski definition) is 4. The SMILES string of the molecule is CC(=NN1CCOCC1)c1cc2c(ccc3ccccc32)o1. The van der Waals surface area contributed by atoms with Gasteiger partial charge >= 0.3 is 0 Å². The second kappa shape index (κ2) is 5.46. The summed E-state index contributed by atoms with van der Waals surface area (Å²) in [6.07, 6.45) is 0. The van der Waals surface area contributed by atoms with Crippen molar-refractivity contribution in [2.75, 3.05) is 26.3 Å². The maximum absolute atomic E-state index is 5.99.